The lowest BCUT2D eigenvalue weighted by atomic mass is 10.1. The van der Waals surface area contributed by atoms with Crippen LogP contribution in [0, 0.1) is 12.7 Å². The quantitative estimate of drug-likeness (QED) is 0.508. The van der Waals surface area contributed by atoms with Crippen LogP contribution in [0.25, 0.3) is 16.9 Å². The Balaban J connectivity index is 1.97. The van der Waals surface area contributed by atoms with E-state index in [1.807, 2.05) is 6.92 Å². The second kappa shape index (κ2) is 7.77. The molecule has 9 heteroatoms. The highest BCUT2D eigenvalue weighted by Crippen LogP contribution is 2.32. The summed E-state index contributed by atoms with van der Waals surface area (Å²) >= 11 is 0. The summed E-state index contributed by atoms with van der Waals surface area (Å²) in [6.45, 7) is 1.84. The molecule has 0 atom stereocenters. The molecule has 4 rings (SSSR count). The van der Waals surface area contributed by atoms with E-state index in [2.05, 4.69) is 10.3 Å². The van der Waals surface area contributed by atoms with Crippen LogP contribution >= 0.6 is 0 Å². The molecule has 0 aliphatic carbocycles. The topological polar surface area (TPSA) is 102 Å². The number of rotatable bonds is 5. The predicted octanol–water partition coefficient (Wildman–Crippen LogP) is 3.91. The fourth-order valence-electron chi connectivity index (χ4n) is 3.08. The highest BCUT2D eigenvalue weighted by molar-refractivity contribution is 7.91. The first-order valence-corrected chi connectivity index (χ1v) is 10.6. The van der Waals surface area contributed by atoms with Crippen molar-refractivity contribution >= 4 is 15.8 Å². The van der Waals surface area contributed by atoms with E-state index in [9.17, 15) is 22.7 Å². The maximum Gasteiger partial charge on any atom is 0.335 e. The van der Waals surface area contributed by atoms with Crippen molar-refractivity contribution in [1.29, 1.82) is 0 Å². The van der Waals surface area contributed by atoms with Gasteiger partial charge in [0.1, 0.15) is 11.5 Å². The Labute approximate surface area is 177 Å². The van der Waals surface area contributed by atoms with Crippen molar-refractivity contribution in [3.63, 3.8) is 0 Å². The number of hydrogen-bond acceptors (Lipinski definition) is 5. The highest BCUT2D eigenvalue weighted by Gasteiger charge is 2.29. The Morgan fingerprint density at radius 2 is 1.68 bits per heavy atom. The fraction of sp³-hybridized carbons (Fsp3) is 0.0455. The van der Waals surface area contributed by atoms with Crippen molar-refractivity contribution in [2.75, 3.05) is 0 Å². The van der Waals surface area contributed by atoms with Gasteiger partial charge in [0.25, 0.3) is 0 Å². The zero-order valence-electron chi connectivity index (χ0n) is 16.2. The number of carbonyl (C=O) groups is 1. The zero-order valence-corrected chi connectivity index (χ0v) is 17.0. The summed E-state index contributed by atoms with van der Waals surface area (Å²) in [5.74, 6) is -1.63. The summed E-state index contributed by atoms with van der Waals surface area (Å²) < 4.78 is 41.4. The Morgan fingerprint density at radius 1 is 1.00 bits per heavy atom. The number of halogens is 1. The Hall–Kier alpha value is -3.85. The molecule has 3 aromatic carbocycles. The molecular formula is C22H16FN3O4S. The van der Waals surface area contributed by atoms with Gasteiger partial charge in [0.05, 0.1) is 16.1 Å². The number of aromatic carboxylic acids is 1. The molecule has 0 spiro atoms. The van der Waals surface area contributed by atoms with Crippen LogP contribution in [-0.4, -0.2) is 34.5 Å². The average molecular weight is 437 g/mol. The Morgan fingerprint density at radius 3 is 2.32 bits per heavy atom. The van der Waals surface area contributed by atoms with E-state index in [0.29, 0.717) is 11.3 Å². The third-order valence-electron chi connectivity index (χ3n) is 4.68. The molecule has 31 heavy (non-hydrogen) atoms. The summed E-state index contributed by atoms with van der Waals surface area (Å²) in [6.07, 6.45) is 0. The van der Waals surface area contributed by atoms with Gasteiger partial charge in [0, 0.05) is 5.56 Å². The van der Waals surface area contributed by atoms with Crippen molar-refractivity contribution in [1.82, 2.24) is 15.0 Å². The van der Waals surface area contributed by atoms with Crippen LogP contribution in [0.15, 0.2) is 82.7 Å². The standard InChI is InChI=1S/C22H16FN3O4S/c1-14-5-11-19(12-6-14)31(29,30)21-20(15-7-9-17(23)10-8-15)26(25-24-21)18-4-2-3-16(13-18)22(27)28/h2-13H,1H3,(H,27,28). The lowest BCUT2D eigenvalue weighted by Crippen LogP contribution is -2.06. The van der Waals surface area contributed by atoms with E-state index in [4.69, 9.17) is 0 Å². The van der Waals surface area contributed by atoms with E-state index >= 15 is 0 Å². The Bertz CT molecular complexity index is 1380. The number of carboxylic acids is 1. The number of benzene rings is 3. The molecule has 0 aliphatic heterocycles. The minimum atomic E-state index is -4.06. The van der Waals surface area contributed by atoms with Crippen LogP contribution in [0.2, 0.25) is 0 Å². The molecule has 4 aromatic rings. The molecule has 0 amide bonds. The first-order valence-electron chi connectivity index (χ1n) is 9.14. The van der Waals surface area contributed by atoms with Gasteiger partial charge in [-0.15, -0.1) is 5.10 Å². The van der Waals surface area contributed by atoms with Gasteiger partial charge in [0.2, 0.25) is 14.9 Å². The van der Waals surface area contributed by atoms with Gasteiger partial charge in [0.15, 0.2) is 0 Å². The van der Waals surface area contributed by atoms with E-state index in [-0.39, 0.29) is 21.2 Å². The van der Waals surface area contributed by atoms with Crippen molar-refractivity contribution < 1.29 is 22.7 Å². The maximum atomic E-state index is 13.5. The number of carboxylic acid groups (broad SMARTS) is 1. The number of sulfone groups is 1. The molecule has 1 heterocycles. The third kappa shape index (κ3) is 3.82. The first kappa shape index (κ1) is 20.4. The molecule has 1 aromatic heterocycles. The van der Waals surface area contributed by atoms with Crippen LogP contribution < -0.4 is 0 Å². The number of hydrogen-bond donors (Lipinski definition) is 1. The molecule has 1 N–H and O–H groups in total. The van der Waals surface area contributed by atoms with E-state index in [1.54, 1.807) is 18.2 Å². The van der Waals surface area contributed by atoms with E-state index in [1.165, 1.54) is 59.3 Å². The van der Waals surface area contributed by atoms with Gasteiger partial charge < -0.3 is 5.11 Å². The molecule has 0 bridgehead atoms. The van der Waals surface area contributed by atoms with Gasteiger partial charge >= 0.3 is 5.97 Å². The van der Waals surface area contributed by atoms with Gasteiger partial charge in [-0.3, -0.25) is 0 Å². The maximum absolute atomic E-state index is 13.5. The average Bonchev–Trinajstić information content (AvgIpc) is 3.21. The van der Waals surface area contributed by atoms with Gasteiger partial charge in [-0.25, -0.2) is 22.3 Å². The normalized spacial score (nSPS) is 11.4. The SMILES string of the molecule is Cc1ccc(S(=O)(=O)c2nnn(-c3cccc(C(=O)O)c3)c2-c2ccc(F)cc2)cc1. The van der Waals surface area contributed by atoms with E-state index in [0.717, 1.165) is 5.56 Å². The van der Waals surface area contributed by atoms with Crippen molar-refractivity contribution in [3.05, 3.63) is 89.7 Å². The number of aryl methyl sites for hydroxylation is 1. The molecule has 7 nitrogen and oxygen atoms in total. The predicted molar refractivity (Wildman–Crippen MR) is 110 cm³/mol. The Kier molecular flexibility index (Phi) is 5.12. The smallest absolute Gasteiger partial charge is 0.335 e. The van der Waals surface area contributed by atoms with Crippen LogP contribution in [-0.2, 0) is 9.84 Å². The summed E-state index contributed by atoms with van der Waals surface area (Å²) in [4.78, 5) is 11.4. The zero-order chi connectivity index (χ0) is 22.2. The second-order valence-electron chi connectivity index (χ2n) is 6.83. The van der Waals surface area contributed by atoms with Crippen molar-refractivity contribution in [2.24, 2.45) is 0 Å². The van der Waals surface area contributed by atoms with Crippen LogP contribution in [0.4, 0.5) is 4.39 Å². The minimum absolute atomic E-state index is 0.000924. The van der Waals surface area contributed by atoms with Crippen LogP contribution in [0.1, 0.15) is 15.9 Å². The second-order valence-corrected chi connectivity index (χ2v) is 8.70. The van der Waals surface area contributed by atoms with E-state index < -0.39 is 21.6 Å². The molecule has 0 unspecified atom stereocenters. The van der Waals surface area contributed by atoms with Crippen molar-refractivity contribution in [2.45, 2.75) is 16.8 Å². The molecule has 0 fully saturated rings. The van der Waals surface area contributed by atoms with Gasteiger partial charge in [-0.2, -0.15) is 0 Å². The monoisotopic (exact) mass is 437 g/mol. The minimum Gasteiger partial charge on any atom is -0.478 e. The highest BCUT2D eigenvalue weighted by atomic mass is 32.2. The summed E-state index contributed by atoms with van der Waals surface area (Å²) in [5, 5.41) is 16.9. The van der Waals surface area contributed by atoms with Gasteiger partial charge in [-0.05, 0) is 61.5 Å². The summed E-state index contributed by atoms with van der Waals surface area (Å²) in [6, 6.07) is 17.4. The number of nitrogens with zero attached hydrogens (tertiary/aromatic N) is 3. The first-order chi connectivity index (χ1) is 14.8. The molecule has 0 saturated heterocycles. The van der Waals surface area contributed by atoms with Crippen LogP contribution in [0.5, 0.6) is 0 Å². The molecular weight excluding hydrogens is 421 g/mol. The molecule has 156 valence electrons. The lowest BCUT2D eigenvalue weighted by molar-refractivity contribution is 0.0697. The van der Waals surface area contributed by atoms with Crippen molar-refractivity contribution in [3.8, 4) is 16.9 Å². The number of aromatic nitrogens is 3. The third-order valence-corrected chi connectivity index (χ3v) is 6.36. The fourth-order valence-corrected chi connectivity index (χ4v) is 4.40. The summed E-state index contributed by atoms with van der Waals surface area (Å²) in [5.41, 5.74) is 1.66. The van der Waals surface area contributed by atoms with Crippen LogP contribution in [0.3, 0.4) is 0 Å². The molecule has 0 aliphatic rings. The lowest BCUT2D eigenvalue weighted by Gasteiger charge is -2.10. The molecule has 0 saturated carbocycles. The largest absolute Gasteiger partial charge is 0.478 e. The molecule has 0 radical (unpaired) electrons. The summed E-state index contributed by atoms with van der Waals surface area (Å²) in [7, 11) is -4.06. The van der Waals surface area contributed by atoms with Gasteiger partial charge in [-0.1, -0.05) is 29.0 Å².